The summed E-state index contributed by atoms with van der Waals surface area (Å²) < 4.78 is 0. The molecule has 0 saturated heterocycles. The van der Waals surface area contributed by atoms with E-state index in [-0.39, 0.29) is 5.92 Å². The minimum Gasteiger partial charge on any atom is -0.389 e. The maximum Gasteiger partial charge on any atom is 0.141 e. The molecule has 3 aliphatic carbocycles. The standard InChI is InChI=1S/C13H20O2/c14-12-9-4-3-6-11(12)13(15)7-2-1-5-10(13)8-9/h9-11,15H,1-8H2/t9-,10-,11-,13+/m1/s1. The molecule has 2 bridgehead atoms. The van der Waals surface area contributed by atoms with Crippen LogP contribution in [-0.4, -0.2) is 16.5 Å². The third kappa shape index (κ3) is 1.30. The van der Waals surface area contributed by atoms with Gasteiger partial charge in [0.25, 0.3) is 0 Å². The highest BCUT2D eigenvalue weighted by atomic mass is 16.3. The van der Waals surface area contributed by atoms with Gasteiger partial charge in [0.05, 0.1) is 5.60 Å². The van der Waals surface area contributed by atoms with Crippen LogP contribution in [0.15, 0.2) is 0 Å². The van der Waals surface area contributed by atoms with Crippen LogP contribution in [0.1, 0.15) is 51.4 Å². The number of hydrogen-bond donors (Lipinski definition) is 1. The molecule has 2 heteroatoms. The molecular formula is C13H20O2. The summed E-state index contributed by atoms with van der Waals surface area (Å²) in [5, 5.41) is 10.8. The first-order valence-corrected chi connectivity index (χ1v) is 6.48. The number of carbonyl (C=O) groups excluding carboxylic acids is 1. The second kappa shape index (κ2) is 3.31. The Morgan fingerprint density at radius 1 is 1.13 bits per heavy atom. The highest BCUT2D eigenvalue weighted by Crippen LogP contribution is 2.52. The Bertz CT molecular complexity index is 286. The summed E-state index contributed by atoms with van der Waals surface area (Å²) in [4.78, 5) is 12.1. The molecule has 1 N–H and O–H groups in total. The molecule has 4 atom stereocenters. The van der Waals surface area contributed by atoms with E-state index in [1.54, 1.807) is 0 Å². The van der Waals surface area contributed by atoms with Crippen molar-refractivity contribution in [3.8, 4) is 0 Å². The Morgan fingerprint density at radius 3 is 2.87 bits per heavy atom. The smallest absolute Gasteiger partial charge is 0.141 e. The van der Waals surface area contributed by atoms with Gasteiger partial charge in [-0.2, -0.15) is 0 Å². The molecule has 0 aromatic carbocycles. The fraction of sp³-hybridized carbons (Fsp3) is 0.923. The summed E-state index contributed by atoms with van der Waals surface area (Å²) in [7, 11) is 0. The van der Waals surface area contributed by atoms with E-state index in [9.17, 15) is 9.90 Å². The molecule has 0 aromatic rings. The monoisotopic (exact) mass is 208 g/mol. The van der Waals surface area contributed by atoms with Crippen LogP contribution in [0.3, 0.4) is 0 Å². The number of rotatable bonds is 0. The van der Waals surface area contributed by atoms with Crippen LogP contribution in [-0.2, 0) is 4.79 Å². The number of fused-ring (bicyclic) bond motifs is 4. The van der Waals surface area contributed by atoms with Gasteiger partial charge >= 0.3 is 0 Å². The zero-order chi connectivity index (χ0) is 10.5. The molecule has 2 nitrogen and oxygen atoms in total. The average Bonchev–Trinajstić information content (AvgIpc) is 2.21. The fourth-order valence-electron chi connectivity index (χ4n) is 4.24. The molecule has 0 aromatic heterocycles. The lowest BCUT2D eigenvalue weighted by atomic mass is 9.55. The zero-order valence-corrected chi connectivity index (χ0v) is 9.24. The maximum atomic E-state index is 12.1. The van der Waals surface area contributed by atoms with Gasteiger partial charge in [0.2, 0.25) is 0 Å². The van der Waals surface area contributed by atoms with Crippen LogP contribution >= 0.6 is 0 Å². The van der Waals surface area contributed by atoms with Gasteiger partial charge in [-0.05, 0) is 38.0 Å². The van der Waals surface area contributed by atoms with E-state index in [0.29, 0.717) is 17.6 Å². The van der Waals surface area contributed by atoms with Gasteiger partial charge in [-0.15, -0.1) is 0 Å². The summed E-state index contributed by atoms with van der Waals surface area (Å²) in [6, 6.07) is 0. The van der Waals surface area contributed by atoms with E-state index in [1.165, 1.54) is 6.42 Å². The van der Waals surface area contributed by atoms with Crippen LogP contribution in [0.5, 0.6) is 0 Å². The zero-order valence-electron chi connectivity index (χ0n) is 9.24. The van der Waals surface area contributed by atoms with Crippen molar-refractivity contribution in [2.75, 3.05) is 0 Å². The second-order valence-corrected chi connectivity index (χ2v) is 5.75. The van der Waals surface area contributed by atoms with Crippen molar-refractivity contribution in [2.45, 2.75) is 57.0 Å². The Kier molecular flexibility index (Phi) is 2.17. The van der Waals surface area contributed by atoms with Gasteiger partial charge in [-0.3, -0.25) is 4.79 Å². The van der Waals surface area contributed by atoms with Crippen molar-refractivity contribution < 1.29 is 9.90 Å². The van der Waals surface area contributed by atoms with Crippen molar-refractivity contribution in [1.82, 2.24) is 0 Å². The summed E-state index contributed by atoms with van der Waals surface area (Å²) in [6.07, 6.45) is 8.55. The van der Waals surface area contributed by atoms with Crippen LogP contribution in [0, 0.1) is 17.8 Å². The molecular weight excluding hydrogens is 188 g/mol. The first-order valence-electron chi connectivity index (χ1n) is 6.48. The molecule has 0 radical (unpaired) electrons. The minimum absolute atomic E-state index is 0.00435. The quantitative estimate of drug-likeness (QED) is 0.663. The fourth-order valence-corrected chi connectivity index (χ4v) is 4.24. The van der Waals surface area contributed by atoms with Crippen LogP contribution in [0.4, 0.5) is 0 Å². The topological polar surface area (TPSA) is 37.3 Å². The first-order chi connectivity index (χ1) is 7.22. The maximum absolute atomic E-state index is 12.1. The Hall–Kier alpha value is -0.370. The number of Topliss-reactive ketones (excluding diaryl/α,β-unsaturated/α-hetero) is 1. The highest BCUT2D eigenvalue weighted by Gasteiger charge is 2.55. The molecule has 3 fully saturated rings. The summed E-state index contributed by atoms with van der Waals surface area (Å²) in [5.74, 6) is 1.11. The van der Waals surface area contributed by atoms with Crippen LogP contribution in [0.2, 0.25) is 0 Å². The number of hydrogen-bond acceptors (Lipinski definition) is 2. The largest absolute Gasteiger partial charge is 0.389 e. The Labute approximate surface area is 91.1 Å². The molecule has 0 spiro atoms. The number of carbonyl (C=O) groups is 1. The lowest BCUT2D eigenvalue weighted by Crippen LogP contribution is -2.57. The van der Waals surface area contributed by atoms with E-state index in [2.05, 4.69) is 0 Å². The van der Waals surface area contributed by atoms with E-state index in [0.717, 1.165) is 44.9 Å². The van der Waals surface area contributed by atoms with Gasteiger partial charge in [0, 0.05) is 11.8 Å². The number of ketones is 1. The molecule has 0 heterocycles. The van der Waals surface area contributed by atoms with Crippen molar-refractivity contribution >= 4 is 5.78 Å². The molecule has 0 aliphatic heterocycles. The van der Waals surface area contributed by atoms with Gasteiger partial charge in [-0.25, -0.2) is 0 Å². The van der Waals surface area contributed by atoms with Gasteiger partial charge in [0.1, 0.15) is 5.78 Å². The molecule has 15 heavy (non-hydrogen) atoms. The molecule has 3 saturated carbocycles. The highest BCUT2D eigenvalue weighted by molar-refractivity contribution is 5.86. The van der Waals surface area contributed by atoms with Crippen LogP contribution < -0.4 is 0 Å². The number of aliphatic hydroxyl groups is 1. The normalized spacial score (nSPS) is 49.9. The van der Waals surface area contributed by atoms with Gasteiger partial charge in [-0.1, -0.05) is 19.3 Å². The Morgan fingerprint density at radius 2 is 2.00 bits per heavy atom. The van der Waals surface area contributed by atoms with E-state index < -0.39 is 5.60 Å². The lowest BCUT2D eigenvalue weighted by Gasteiger charge is -2.52. The molecule has 3 aliphatic rings. The lowest BCUT2D eigenvalue weighted by molar-refractivity contribution is -0.167. The average molecular weight is 208 g/mol. The summed E-state index contributed by atoms with van der Waals surface area (Å²) in [5.41, 5.74) is -0.605. The first kappa shape index (κ1) is 9.83. The van der Waals surface area contributed by atoms with Crippen molar-refractivity contribution in [2.24, 2.45) is 17.8 Å². The van der Waals surface area contributed by atoms with E-state index in [1.807, 2.05) is 0 Å². The molecule has 0 amide bonds. The van der Waals surface area contributed by atoms with E-state index >= 15 is 0 Å². The molecule has 0 unspecified atom stereocenters. The van der Waals surface area contributed by atoms with Crippen molar-refractivity contribution in [1.29, 1.82) is 0 Å². The predicted molar refractivity (Wildman–Crippen MR) is 57.4 cm³/mol. The second-order valence-electron chi connectivity index (χ2n) is 5.75. The third-order valence-electron chi connectivity index (χ3n) is 5.05. The third-order valence-corrected chi connectivity index (χ3v) is 5.05. The minimum atomic E-state index is -0.605. The van der Waals surface area contributed by atoms with Gasteiger partial charge < -0.3 is 5.11 Å². The molecule has 84 valence electrons. The van der Waals surface area contributed by atoms with Crippen LogP contribution in [0.25, 0.3) is 0 Å². The van der Waals surface area contributed by atoms with Crippen molar-refractivity contribution in [3.63, 3.8) is 0 Å². The van der Waals surface area contributed by atoms with E-state index in [4.69, 9.17) is 0 Å². The van der Waals surface area contributed by atoms with Crippen molar-refractivity contribution in [3.05, 3.63) is 0 Å². The predicted octanol–water partition coefficient (Wildman–Crippen LogP) is 2.30. The SMILES string of the molecule is O=C1[C@@H]2CCC[C@H]1[C@]1(O)CCCC[C@@H]1C2. The molecule has 3 rings (SSSR count). The Balaban J connectivity index is 1.94. The van der Waals surface area contributed by atoms with Gasteiger partial charge in [0.15, 0.2) is 0 Å². The summed E-state index contributed by atoms with van der Waals surface area (Å²) >= 11 is 0. The summed E-state index contributed by atoms with van der Waals surface area (Å²) in [6.45, 7) is 0.